The Morgan fingerprint density at radius 2 is 2.19 bits per heavy atom. The van der Waals surface area contributed by atoms with Crippen LogP contribution in [0.4, 0.5) is 0 Å². The Kier molecular flexibility index (Phi) is 4.06. The van der Waals surface area contributed by atoms with Gasteiger partial charge in [-0.25, -0.2) is 0 Å². The van der Waals surface area contributed by atoms with Gasteiger partial charge < -0.3 is 10.3 Å². The first-order chi connectivity index (χ1) is 10.2. The molecule has 1 aromatic heterocycles. The second kappa shape index (κ2) is 5.98. The molecule has 0 spiro atoms. The molecule has 2 aromatic rings. The van der Waals surface area contributed by atoms with E-state index in [1.165, 1.54) is 17.5 Å². The molecule has 112 valence electrons. The van der Waals surface area contributed by atoms with E-state index < -0.39 is 0 Å². The number of nitrogens with two attached hydrogens (primary N) is 1. The van der Waals surface area contributed by atoms with E-state index in [2.05, 4.69) is 48.3 Å². The van der Waals surface area contributed by atoms with Crippen LogP contribution in [0.15, 0.2) is 28.8 Å². The second-order valence-electron chi connectivity index (χ2n) is 6.05. The lowest BCUT2D eigenvalue weighted by Crippen LogP contribution is -2.19. The SMILES string of the molecule is CC[C@H](C)[C@H](N)c1nc(C2CCCc3ccccc32)no1. The fraction of sp³-hybridized carbons (Fsp3) is 0.529. The average Bonchev–Trinajstić information content (AvgIpc) is 3.02. The number of nitrogens with zero attached hydrogens (tertiary/aromatic N) is 2. The van der Waals surface area contributed by atoms with Gasteiger partial charge in [0.2, 0.25) is 5.89 Å². The Hall–Kier alpha value is -1.68. The van der Waals surface area contributed by atoms with Crippen LogP contribution in [0.25, 0.3) is 0 Å². The zero-order valence-corrected chi connectivity index (χ0v) is 12.7. The van der Waals surface area contributed by atoms with E-state index in [0.29, 0.717) is 11.8 Å². The minimum absolute atomic E-state index is 0.171. The van der Waals surface area contributed by atoms with Gasteiger partial charge in [0.05, 0.1) is 6.04 Å². The van der Waals surface area contributed by atoms with Crippen LogP contribution >= 0.6 is 0 Å². The van der Waals surface area contributed by atoms with E-state index in [1.807, 2.05) is 0 Å². The monoisotopic (exact) mass is 285 g/mol. The van der Waals surface area contributed by atoms with Crippen LogP contribution in [-0.2, 0) is 6.42 Å². The Morgan fingerprint density at radius 3 is 3.00 bits per heavy atom. The van der Waals surface area contributed by atoms with E-state index in [1.54, 1.807) is 0 Å². The summed E-state index contributed by atoms with van der Waals surface area (Å²) >= 11 is 0. The predicted octanol–water partition coefficient (Wildman–Crippen LogP) is 3.58. The fourth-order valence-corrected chi connectivity index (χ4v) is 3.04. The molecule has 3 atom stereocenters. The third-order valence-corrected chi connectivity index (χ3v) is 4.68. The van der Waals surface area contributed by atoms with E-state index in [0.717, 1.165) is 25.1 Å². The van der Waals surface area contributed by atoms with Crippen LogP contribution in [0, 0.1) is 5.92 Å². The molecular weight excluding hydrogens is 262 g/mol. The average molecular weight is 285 g/mol. The van der Waals surface area contributed by atoms with Gasteiger partial charge in [0.1, 0.15) is 0 Å². The van der Waals surface area contributed by atoms with Gasteiger partial charge in [-0.3, -0.25) is 0 Å². The molecule has 2 N–H and O–H groups in total. The number of benzene rings is 1. The lowest BCUT2D eigenvalue weighted by atomic mass is 9.82. The number of hydrogen-bond acceptors (Lipinski definition) is 4. The summed E-state index contributed by atoms with van der Waals surface area (Å²) in [5, 5.41) is 4.21. The molecular formula is C17H23N3O. The van der Waals surface area contributed by atoms with Crippen molar-refractivity contribution in [3.05, 3.63) is 47.1 Å². The molecule has 4 nitrogen and oxygen atoms in total. The number of aromatic nitrogens is 2. The lowest BCUT2D eigenvalue weighted by molar-refractivity contribution is 0.309. The van der Waals surface area contributed by atoms with E-state index in [4.69, 9.17) is 10.3 Å². The zero-order valence-electron chi connectivity index (χ0n) is 12.7. The number of hydrogen-bond donors (Lipinski definition) is 1. The van der Waals surface area contributed by atoms with Crippen molar-refractivity contribution in [2.45, 2.75) is 51.5 Å². The molecule has 0 saturated heterocycles. The third kappa shape index (κ3) is 2.72. The molecule has 1 heterocycles. The Labute approximate surface area is 125 Å². The van der Waals surface area contributed by atoms with Crippen LogP contribution in [0.1, 0.15) is 67.9 Å². The van der Waals surface area contributed by atoms with Crippen LogP contribution < -0.4 is 5.73 Å². The summed E-state index contributed by atoms with van der Waals surface area (Å²) in [5.74, 6) is 1.95. The Morgan fingerprint density at radius 1 is 1.38 bits per heavy atom. The molecule has 21 heavy (non-hydrogen) atoms. The molecule has 1 aliphatic carbocycles. The number of fused-ring (bicyclic) bond motifs is 1. The number of rotatable bonds is 4. The molecule has 4 heteroatoms. The van der Waals surface area contributed by atoms with Crippen LogP contribution in [0.3, 0.4) is 0 Å². The van der Waals surface area contributed by atoms with Crippen LogP contribution in [0.2, 0.25) is 0 Å². The van der Waals surface area contributed by atoms with E-state index in [9.17, 15) is 0 Å². The maximum Gasteiger partial charge on any atom is 0.243 e. The molecule has 3 rings (SSSR count). The highest BCUT2D eigenvalue weighted by Crippen LogP contribution is 2.35. The zero-order chi connectivity index (χ0) is 14.8. The van der Waals surface area contributed by atoms with Gasteiger partial charge in [0.25, 0.3) is 0 Å². The minimum Gasteiger partial charge on any atom is -0.338 e. The molecule has 0 saturated carbocycles. The van der Waals surface area contributed by atoms with Crippen molar-refractivity contribution in [1.82, 2.24) is 10.1 Å². The molecule has 0 radical (unpaired) electrons. The quantitative estimate of drug-likeness (QED) is 0.932. The molecule has 1 aromatic carbocycles. The first-order valence-corrected chi connectivity index (χ1v) is 7.87. The molecule has 0 aliphatic heterocycles. The van der Waals surface area contributed by atoms with Crippen molar-refractivity contribution < 1.29 is 4.52 Å². The van der Waals surface area contributed by atoms with Gasteiger partial charge in [-0.2, -0.15) is 4.98 Å². The van der Waals surface area contributed by atoms with Gasteiger partial charge in [-0.15, -0.1) is 0 Å². The summed E-state index contributed by atoms with van der Waals surface area (Å²) in [6, 6.07) is 8.40. The van der Waals surface area contributed by atoms with Crippen molar-refractivity contribution >= 4 is 0 Å². The number of aryl methyl sites for hydroxylation is 1. The Balaban J connectivity index is 1.88. The maximum atomic E-state index is 6.19. The lowest BCUT2D eigenvalue weighted by Gasteiger charge is -2.22. The molecule has 0 amide bonds. The topological polar surface area (TPSA) is 64.9 Å². The van der Waals surface area contributed by atoms with Gasteiger partial charge in [-0.05, 0) is 36.3 Å². The standard InChI is InChI=1S/C17H23N3O/c1-3-11(2)15(18)17-19-16(20-21-17)14-10-6-8-12-7-4-5-9-13(12)14/h4-5,7,9,11,14-15H,3,6,8,10,18H2,1-2H3/t11-,14?,15-/m0/s1. The predicted molar refractivity (Wildman–Crippen MR) is 81.9 cm³/mol. The summed E-state index contributed by atoms with van der Waals surface area (Å²) in [6.07, 6.45) is 4.40. The van der Waals surface area contributed by atoms with Crippen molar-refractivity contribution in [3.8, 4) is 0 Å². The van der Waals surface area contributed by atoms with Crippen LogP contribution in [-0.4, -0.2) is 10.1 Å². The first kappa shape index (κ1) is 14.3. The van der Waals surface area contributed by atoms with Crippen molar-refractivity contribution in [2.75, 3.05) is 0 Å². The molecule has 0 fully saturated rings. The smallest absolute Gasteiger partial charge is 0.243 e. The summed E-state index contributed by atoms with van der Waals surface area (Å²) < 4.78 is 5.43. The highest BCUT2D eigenvalue weighted by atomic mass is 16.5. The highest BCUT2D eigenvalue weighted by Gasteiger charge is 2.27. The van der Waals surface area contributed by atoms with E-state index in [-0.39, 0.29) is 12.0 Å². The maximum absolute atomic E-state index is 6.19. The van der Waals surface area contributed by atoms with Crippen LogP contribution in [0.5, 0.6) is 0 Å². The fourth-order valence-electron chi connectivity index (χ4n) is 3.04. The van der Waals surface area contributed by atoms with Gasteiger partial charge in [0, 0.05) is 5.92 Å². The molecule has 1 unspecified atom stereocenters. The molecule has 1 aliphatic rings. The minimum atomic E-state index is -0.171. The normalized spacial score (nSPS) is 20.8. The largest absolute Gasteiger partial charge is 0.338 e. The van der Waals surface area contributed by atoms with Gasteiger partial charge in [-0.1, -0.05) is 49.7 Å². The first-order valence-electron chi connectivity index (χ1n) is 7.87. The summed E-state index contributed by atoms with van der Waals surface area (Å²) in [7, 11) is 0. The van der Waals surface area contributed by atoms with Crippen molar-refractivity contribution in [3.63, 3.8) is 0 Å². The summed E-state index contributed by atoms with van der Waals surface area (Å²) in [5.41, 5.74) is 8.94. The van der Waals surface area contributed by atoms with Crippen molar-refractivity contribution in [2.24, 2.45) is 11.7 Å². The van der Waals surface area contributed by atoms with E-state index >= 15 is 0 Å². The second-order valence-corrected chi connectivity index (χ2v) is 6.05. The third-order valence-electron chi connectivity index (χ3n) is 4.68. The summed E-state index contributed by atoms with van der Waals surface area (Å²) in [4.78, 5) is 4.60. The summed E-state index contributed by atoms with van der Waals surface area (Å²) in [6.45, 7) is 4.24. The highest BCUT2D eigenvalue weighted by molar-refractivity contribution is 5.36. The van der Waals surface area contributed by atoms with Gasteiger partial charge >= 0.3 is 0 Å². The van der Waals surface area contributed by atoms with Gasteiger partial charge in [0.15, 0.2) is 5.82 Å². The molecule has 0 bridgehead atoms. The Bertz CT molecular complexity index is 608. The van der Waals surface area contributed by atoms with Crippen molar-refractivity contribution in [1.29, 1.82) is 0 Å².